The smallest absolute Gasteiger partial charge is 0.398 e. The standard InChI is InChI=1S/C13H8Cl2F3N/c14-9-3-7(4-10(15)6-9)11-2-1-8(5-12(11)19)13(16,17)18/h1-6H,19H2. The second kappa shape index (κ2) is 4.94. The van der Waals surface area contributed by atoms with E-state index in [1.165, 1.54) is 12.1 Å². The molecular weight excluding hydrogens is 298 g/mol. The first-order valence-corrected chi connectivity index (χ1v) is 5.96. The van der Waals surface area contributed by atoms with Crippen molar-refractivity contribution in [1.82, 2.24) is 0 Å². The molecule has 0 fully saturated rings. The van der Waals surface area contributed by atoms with Gasteiger partial charge in [-0.15, -0.1) is 0 Å². The van der Waals surface area contributed by atoms with Crippen LogP contribution in [-0.4, -0.2) is 0 Å². The minimum atomic E-state index is -4.42. The van der Waals surface area contributed by atoms with Crippen LogP contribution in [0.1, 0.15) is 5.56 Å². The molecule has 0 aromatic heterocycles. The first-order valence-electron chi connectivity index (χ1n) is 5.20. The highest BCUT2D eigenvalue weighted by molar-refractivity contribution is 6.35. The van der Waals surface area contributed by atoms with Crippen molar-refractivity contribution in [2.45, 2.75) is 6.18 Å². The van der Waals surface area contributed by atoms with Gasteiger partial charge in [-0.2, -0.15) is 13.2 Å². The van der Waals surface area contributed by atoms with Gasteiger partial charge in [0, 0.05) is 21.3 Å². The fourth-order valence-corrected chi connectivity index (χ4v) is 2.24. The normalized spacial score (nSPS) is 11.6. The summed E-state index contributed by atoms with van der Waals surface area (Å²) in [7, 11) is 0. The quantitative estimate of drug-likeness (QED) is 0.714. The lowest BCUT2D eigenvalue weighted by Crippen LogP contribution is -2.05. The van der Waals surface area contributed by atoms with Crippen molar-refractivity contribution in [1.29, 1.82) is 0 Å². The Morgan fingerprint density at radius 3 is 1.95 bits per heavy atom. The molecule has 2 aromatic rings. The van der Waals surface area contributed by atoms with Crippen LogP contribution in [-0.2, 0) is 6.18 Å². The highest BCUT2D eigenvalue weighted by Gasteiger charge is 2.30. The van der Waals surface area contributed by atoms with Crippen LogP contribution in [0.2, 0.25) is 10.0 Å². The summed E-state index contributed by atoms with van der Waals surface area (Å²) in [6.45, 7) is 0. The second-order valence-electron chi connectivity index (χ2n) is 3.96. The van der Waals surface area contributed by atoms with E-state index in [4.69, 9.17) is 28.9 Å². The molecule has 0 bridgehead atoms. The number of nitrogens with two attached hydrogens (primary N) is 1. The Kier molecular flexibility index (Phi) is 3.65. The maximum atomic E-state index is 12.5. The minimum absolute atomic E-state index is 0.0214. The first-order chi connectivity index (χ1) is 8.77. The third-order valence-corrected chi connectivity index (χ3v) is 2.99. The van der Waals surface area contributed by atoms with Crippen molar-refractivity contribution in [2.24, 2.45) is 0 Å². The van der Waals surface area contributed by atoms with E-state index in [2.05, 4.69) is 0 Å². The van der Waals surface area contributed by atoms with E-state index in [1.807, 2.05) is 0 Å². The Hall–Kier alpha value is -1.39. The van der Waals surface area contributed by atoms with Gasteiger partial charge in [-0.3, -0.25) is 0 Å². The van der Waals surface area contributed by atoms with E-state index >= 15 is 0 Å². The number of rotatable bonds is 1. The summed E-state index contributed by atoms with van der Waals surface area (Å²) in [5.41, 5.74) is 5.92. The van der Waals surface area contributed by atoms with Gasteiger partial charge in [0.15, 0.2) is 0 Å². The Morgan fingerprint density at radius 2 is 1.47 bits per heavy atom. The van der Waals surface area contributed by atoms with Crippen LogP contribution in [0.5, 0.6) is 0 Å². The molecule has 100 valence electrons. The zero-order chi connectivity index (χ0) is 14.2. The average Bonchev–Trinajstić information content (AvgIpc) is 2.26. The number of hydrogen-bond acceptors (Lipinski definition) is 1. The number of nitrogen functional groups attached to an aromatic ring is 1. The largest absolute Gasteiger partial charge is 0.416 e. The van der Waals surface area contributed by atoms with Crippen LogP contribution in [0, 0.1) is 0 Å². The third kappa shape index (κ3) is 3.14. The predicted molar refractivity (Wildman–Crippen MR) is 71.3 cm³/mol. The molecule has 0 saturated carbocycles. The number of anilines is 1. The zero-order valence-corrected chi connectivity index (χ0v) is 10.9. The number of alkyl halides is 3. The van der Waals surface area contributed by atoms with Gasteiger partial charge in [-0.05, 0) is 35.9 Å². The highest BCUT2D eigenvalue weighted by atomic mass is 35.5. The molecule has 0 aliphatic carbocycles. The molecule has 0 spiro atoms. The van der Waals surface area contributed by atoms with Crippen molar-refractivity contribution >= 4 is 28.9 Å². The van der Waals surface area contributed by atoms with Gasteiger partial charge in [-0.1, -0.05) is 29.3 Å². The van der Waals surface area contributed by atoms with Gasteiger partial charge >= 0.3 is 6.18 Å². The molecular formula is C13H8Cl2F3N. The molecule has 0 heterocycles. The van der Waals surface area contributed by atoms with Gasteiger partial charge in [0.1, 0.15) is 0 Å². The highest BCUT2D eigenvalue weighted by Crippen LogP contribution is 2.36. The van der Waals surface area contributed by atoms with Crippen LogP contribution in [0.4, 0.5) is 18.9 Å². The lowest BCUT2D eigenvalue weighted by molar-refractivity contribution is -0.137. The lowest BCUT2D eigenvalue weighted by Gasteiger charge is -2.11. The van der Waals surface area contributed by atoms with E-state index < -0.39 is 11.7 Å². The molecule has 0 radical (unpaired) electrons. The monoisotopic (exact) mass is 305 g/mol. The maximum Gasteiger partial charge on any atom is 0.416 e. The molecule has 2 aromatic carbocycles. The Balaban J connectivity index is 2.52. The molecule has 2 rings (SSSR count). The van der Waals surface area contributed by atoms with E-state index in [-0.39, 0.29) is 5.69 Å². The summed E-state index contributed by atoms with van der Waals surface area (Å²) in [4.78, 5) is 0. The minimum Gasteiger partial charge on any atom is -0.398 e. The van der Waals surface area contributed by atoms with Crippen LogP contribution < -0.4 is 5.73 Å². The summed E-state index contributed by atoms with van der Waals surface area (Å²) in [6.07, 6.45) is -4.42. The summed E-state index contributed by atoms with van der Waals surface area (Å²) in [6, 6.07) is 7.89. The molecule has 6 heteroatoms. The van der Waals surface area contributed by atoms with Crippen molar-refractivity contribution in [3.8, 4) is 11.1 Å². The lowest BCUT2D eigenvalue weighted by atomic mass is 10.0. The summed E-state index contributed by atoms with van der Waals surface area (Å²) < 4.78 is 37.6. The first kappa shape index (κ1) is 14.0. The molecule has 1 nitrogen and oxygen atoms in total. The van der Waals surface area contributed by atoms with Crippen LogP contribution >= 0.6 is 23.2 Å². The molecule has 0 aliphatic rings. The van der Waals surface area contributed by atoms with Gasteiger partial charge in [0.2, 0.25) is 0 Å². The van der Waals surface area contributed by atoms with Crippen LogP contribution in [0.3, 0.4) is 0 Å². The van der Waals surface area contributed by atoms with Crippen molar-refractivity contribution < 1.29 is 13.2 Å². The molecule has 0 atom stereocenters. The zero-order valence-electron chi connectivity index (χ0n) is 9.43. The fraction of sp³-hybridized carbons (Fsp3) is 0.0769. The molecule has 2 N–H and O–H groups in total. The average molecular weight is 306 g/mol. The van der Waals surface area contributed by atoms with Gasteiger partial charge in [0.05, 0.1) is 5.56 Å². The van der Waals surface area contributed by atoms with E-state index in [9.17, 15) is 13.2 Å². The van der Waals surface area contributed by atoms with Gasteiger partial charge < -0.3 is 5.73 Å². The molecule has 0 amide bonds. The van der Waals surface area contributed by atoms with Crippen molar-refractivity contribution in [3.63, 3.8) is 0 Å². The maximum absolute atomic E-state index is 12.5. The van der Waals surface area contributed by atoms with E-state index in [0.29, 0.717) is 21.2 Å². The number of hydrogen-bond donors (Lipinski definition) is 1. The third-order valence-electron chi connectivity index (χ3n) is 2.55. The molecule has 0 unspecified atom stereocenters. The van der Waals surface area contributed by atoms with Gasteiger partial charge in [-0.25, -0.2) is 0 Å². The summed E-state index contributed by atoms with van der Waals surface area (Å²) in [5.74, 6) is 0. The Morgan fingerprint density at radius 1 is 0.895 bits per heavy atom. The molecule has 0 aliphatic heterocycles. The van der Waals surface area contributed by atoms with Crippen molar-refractivity contribution in [3.05, 3.63) is 52.0 Å². The summed E-state index contributed by atoms with van der Waals surface area (Å²) >= 11 is 11.7. The summed E-state index contributed by atoms with van der Waals surface area (Å²) in [5, 5.41) is 0.781. The SMILES string of the molecule is Nc1cc(C(F)(F)F)ccc1-c1cc(Cl)cc(Cl)c1. The fourth-order valence-electron chi connectivity index (χ4n) is 1.71. The number of halogens is 5. The predicted octanol–water partition coefficient (Wildman–Crippen LogP) is 5.26. The van der Waals surface area contributed by atoms with Crippen LogP contribution in [0.25, 0.3) is 11.1 Å². The van der Waals surface area contributed by atoms with Crippen molar-refractivity contribution in [2.75, 3.05) is 5.73 Å². The van der Waals surface area contributed by atoms with E-state index in [0.717, 1.165) is 12.1 Å². The molecule has 0 saturated heterocycles. The topological polar surface area (TPSA) is 26.0 Å². The Labute approximate surface area is 117 Å². The second-order valence-corrected chi connectivity index (χ2v) is 4.83. The van der Waals surface area contributed by atoms with Gasteiger partial charge in [0.25, 0.3) is 0 Å². The van der Waals surface area contributed by atoms with Crippen LogP contribution in [0.15, 0.2) is 36.4 Å². The Bertz CT molecular complexity index is 604. The van der Waals surface area contributed by atoms with E-state index in [1.54, 1.807) is 12.1 Å². The molecule has 19 heavy (non-hydrogen) atoms. The number of benzene rings is 2.